The summed E-state index contributed by atoms with van der Waals surface area (Å²) in [6, 6.07) is -0.135. The Kier molecular flexibility index (Phi) is 4.50. The molecule has 10 heteroatoms. The van der Waals surface area contributed by atoms with Gasteiger partial charge < -0.3 is 10.4 Å². The first kappa shape index (κ1) is 16.8. The van der Waals surface area contributed by atoms with E-state index in [1.54, 1.807) is 0 Å². The summed E-state index contributed by atoms with van der Waals surface area (Å²) in [5.74, 6) is -1.65. The summed E-state index contributed by atoms with van der Waals surface area (Å²) in [6.45, 7) is 0.792. The number of carbonyl (C=O) groups is 2. The third kappa shape index (κ3) is 3.54. The van der Waals surface area contributed by atoms with Crippen LogP contribution in [0.5, 0.6) is 0 Å². The van der Waals surface area contributed by atoms with Crippen LogP contribution in [0.1, 0.15) is 46.7 Å². The summed E-state index contributed by atoms with van der Waals surface area (Å²) in [6.07, 6.45) is 4.71. The predicted molar refractivity (Wildman–Crippen MR) is 83.0 cm³/mol. The molecule has 0 bridgehead atoms. The fourth-order valence-electron chi connectivity index (χ4n) is 2.65. The van der Waals surface area contributed by atoms with Gasteiger partial charge >= 0.3 is 5.97 Å². The number of rotatable bonds is 5. The van der Waals surface area contributed by atoms with Gasteiger partial charge in [0.1, 0.15) is 5.69 Å². The van der Waals surface area contributed by atoms with E-state index in [0.717, 1.165) is 25.2 Å². The summed E-state index contributed by atoms with van der Waals surface area (Å²) in [5, 5.41) is 11.3. The van der Waals surface area contributed by atoms with Crippen LogP contribution in [0, 0.1) is 0 Å². The van der Waals surface area contributed by atoms with E-state index in [4.69, 9.17) is 5.11 Å². The normalized spacial score (nSPS) is 19.8. The van der Waals surface area contributed by atoms with Crippen molar-refractivity contribution in [3.63, 3.8) is 0 Å². The van der Waals surface area contributed by atoms with Crippen LogP contribution in [0.25, 0.3) is 0 Å². The van der Waals surface area contributed by atoms with Crippen LogP contribution >= 0.6 is 0 Å². The average Bonchev–Trinajstić information content (AvgIpc) is 3.41. The van der Waals surface area contributed by atoms with Crippen molar-refractivity contribution in [2.75, 3.05) is 13.1 Å². The number of hydrogen-bond donors (Lipinski definition) is 2. The zero-order chi connectivity index (χ0) is 17.3. The van der Waals surface area contributed by atoms with Crippen molar-refractivity contribution in [2.24, 2.45) is 0 Å². The molecule has 2 N–H and O–H groups in total. The smallest absolute Gasteiger partial charge is 0.356 e. The number of sulfonamides is 1. The molecule has 0 atom stereocenters. The maximum Gasteiger partial charge on any atom is 0.356 e. The molecule has 1 amide bonds. The lowest BCUT2D eigenvalue weighted by Crippen LogP contribution is -2.47. The minimum atomic E-state index is -3.16. The molecule has 2 heterocycles. The molecule has 1 aromatic heterocycles. The zero-order valence-corrected chi connectivity index (χ0v) is 13.7. The Hall–Kier alpha value is -2.07. The van der Waals surface area contributed by atoms with Crippen LogP contribution in [-0.4, -0.2) is 64.1 Å². The van der Waals surface area contributed by atoms with Gasteiger partial charge in [0, 0.05) is 19.1 Å². The number of aromatic carboxylic acids is 1. The average molecular weight is 354 g/mol. The highest BCUT2D eigenvalue weighted by Crippen LogP contribution is 2.32. The van der Waals surface area contributed by atoms with E-state index in [9.17, 15) is 18.0 Å². The molecule has 1 aliphatic heterocycles. The topological polar surface area (TPSA) is 130 Å². The standard InChI is InChI=1S/C14H18N4O5S/c19-13(11-7-16-12(8-15-11)14(20)21)17-9-3-5-18(6-4-9)24(22,23)10-1-2-10/h7-10H,1-6H2,(H,17,19)(H,20,21). The quantitative estimate of drug-likeness (QED) is 0.753. The third-order valence-corrected chi connectivity index (χ3v) is 6.60. The van der Waals surface area contributed by atoms with E-state index in [2.05, 4.69) is 15.3 Å². The van der Waals surface area contributed by atoms with E-state index in [0.29, 0.717) is 25.9 Å². The van der Waals surface area contributed by atoms with Crippen LogP contribution in [0.15, 0.2) is 12.4 Å². The van der Waals surface area contributed by atoms with Crippen molar-refractivity contribution >= 4 is 21.9 Å². The first-order valence-electron chi connectivity index (χ1n) is 7.73. The number of carboxylic acids is 1. The van der Waals surface area contributed by atoms with Crippen molar-refractivity contribution in [2.45, 2.75) is 37.0 Å². The van der Waals surface area contributed by atoms with Gasteiger partial charge in [0.05, 0.1) is 17.6 Å². The molecule has 0 spiro atoms. The van der Waals surface area contributed by atoms with Crippen LogP contribution < -0.4 is 5.32 Å². The lowest BCUT2D eigenvalue weighted by atomic mass is 10.1. The van der Waals surface area contributed by atoms with E-state index in [1.165, 1.54) is 4.31 Å². The molecule has 9 nitrogen and oxygen atoms in total. The van der Waals surface area contributed by atoms with Gasteiger partial charge in [-0.25, -0.2) is 27.5 Å². The first-order chi connectivity index (χ1) is 11.4. The van der Waals surface area contributed by atoms with Gasteiger partial charge in [-0.05, 0) is 25.7 Å². The Morgan fingerprint density at radius 3 is 2.17 bits per heavy atom. The largest absolute Gasteiger partial charge is 0.476 e. The lowest BCUT2D eigenvalue weighted by Gasteiger charge is -2.31. The van der Waals surface area contributed by atoms with Gasteiger partial charge in [0.25, 0.3) is 5.91 Å². The molecule has 1 saturated carbocycles. The van der Waals surface area contributed by atoms with Crippen LogP contribution in [0.4, 0.5) is 0 Å². The van der Waals surface area contributed by atoms with Crippen LogP contribution in [0.3, 0.4) is 0 Å². The summed E-state index contributed by atoms with van der Waals surface area (Å²) in [4.78, 5) is 30.2. The molecule has 24 heavy (non-hydrogen) atoms. The molecule has 1 aromatic rings. The Labute approximate surface area is 139 Å². The molecular formula is C14H18N4O5S. The van der Waals surface area contributed by atoms with E-state index < -0.39 is 21.9 Å². The highest BCUT2D eigenvalue weighted by atomic mass is 32.2. The Morgan fingerprint density at radius 1 is 1.08 bits per heavy atom. The molecule has 1 saturated heterocycles. The number of nitrogens with zero attached hydrogens (tertiary/aromatic N) is 3. The number of nitrogens with one attached hydrogen (secondary N) is 1. The molecule has 0 unspecified atom stereocenters. The Bertz CT molecular complexity index is 737. The summed E-state index contributed by atoms with van der Waals surface area (Å²) in [5.41, 5.74) is -0.196. The first-order valence-corrected chi connectivity index (χ1v) is 9.23. The number of carbonyl (C=O) groups excluding carboxylic acids is 1. The second-order valence-corrected chi connectivity index (χ2v) is 8.20. The molecule has 1 aliphatic carbocycles. The van der Waals surface area contributed by atoms with Crippen molar-refractivity contribution in [1.82, 2.24) is 19.6 Å². The molecule has 2 aliphatic rings. The fraction of sp³-hybridized carbons (Fsp3) is 0.571. The maximum absolute atomic E-state index is 12.2. The van der Waals surface area contributed by atoms with Crippen molar-refractivity contribution in [3.05, 3.63) is 23.8 Å². The zero-order valence-electron chi connectivity index (χ0n) is 12.9. The van der Waals surface area contributed by atoms with Crippen molar-refractivity contribution in [3.8, 4) is 0 Å². The van der Waals surface area contributed by atoms with E-state index >= 15 is 0 Å². The van der Waals surface area contributed by atoms with Crippen LogP contribution in [0.2, 0.25) is 0 Å². The van der Waals surface area contributed by atoms with Crippen molar-refractivity contribution < 1.29 is 23.1 Å². The monoisotopic (exact) mass is 354 g/mol. The lowest BCUT2D eigenvalue weighted by molar-refractivity contribution is 0.0688. The Morgan fingerprint density at radius 2 is 1.67 bits per heavy atom. The highest BCUT2D eigenvalue weighted by Gasteiger charge is 2.41. The molecule has 130 valence electrons. The number of piperidine rings is 1. The van der Waals surface area contributed by atoms with Gasteiger partial charge in [-0.1, -0.05) is 0 Å². The molecule has 0 radical (unpaired) electrons. The second-order valence-electron chi connectivity index (χ2n) is 5.98. The fourth-order valence-corrected chi connectivity index (χ4v) is 4.52. The molecule has 0 aromatic carbocycles. The summed E-state index contributed by atoms with van der Waals surface area (Å²) in [7, 11) is -3.16. The SMILES string of the molecule is O=C(O)c1cnc(C(=O)NC2CCN(S(=O)(=O)C3CC3)CC2)cn1. The minimum absolute atomic E-state index is 0.0352. The number of carboxylic acid groups (broad SMARTS) is 1. The number of amides is 1. The molecular weight excluding hydrogens is 336 g/mol. The predicted octanol–water partition coefficient (Wildman–Crippen LogP) is -0.139. The second kappa shape index (κ2) is 6.44. The van der Waals surface area contributed by atoms with Crippen LogP contribution in [-0.2, 0) is 10.0 Å². The minimum Gasteiger partial charge on any atom is -0.476 e. The Balaban J connectivity index is 1.54. The van der Waals surface area contributed by atoms with Gasteiger partial charge in [-0.2, -0.15) is 0 Å². The van der Waals surface area contributed by atoms with E-state index in [-0.39, 0.29) is 22.7 Å². The van der Waals surface area contributed by atoms with Crippen molar-refractivity contribution in [1.29, 1.82) is 0 Å². The van der Waals surface area contributed by atoms with Gasteiger partial charge in [-0.15, -0.1) is 0 Å². The van der Waals surface area contributed by atoms with Gasteiger partial charge in [0.15, 0.2) is 5.69 Å². The summed E-state index contributed by atoms with van der Waals surface area (Å²) < 4.78 is 25.8. The molecule has 2 fully saturated rings. The highest BCUT2D eigenvalue weighted by molar-refractivity contribution is 7.90. The number of hydrogen-bond acceptors (Lipinski definition) is 6. The van der Waals surface area contributed by atoms with Gasteiger partial charge in [-0.3, -0.25) is 4.79 Å². The number of aromatic nitrogens is 2. The third-order valence-electron chi connectivity index (χ3n) is 4.20. The van der Waals surface area contributed by atoms with Gasteiger partial charge in [0.2, 0.25) is 10.0 Å². The molecule has 3 rings (SSSR count). The maximum atomic E-state index is 12.2. The summed E-state index contributed by atoms with van der Waals surface area (Å²) >= 11 is 0. The van der Waals surface area contributed by atoms with E-state index in [1.807, 2.05) is 0 Å².